The smallest absolute Gasteiger partial charge is 0.421 e. The molecular formula is C31H37NO9. The van der Waals surface area contributed by atoms with E-state index in [9.17, 15) is 24.0 Å². The summed E-state index contributed by atoms with van der Waals surface area (Å²) in [5, 5.41) is 0. The molecule has 0 N–H and O–H groups in total. The summed E-state index contributed by atoms with van der Waals surface area (Å²) in [7, 11) is 2.13. The number of nitrogens with zero attached hydrogens (tertiary/aromatic N) is 1. The fourth-order valence-corrected chi connectivity index (χ4v) is 5.44. The lowest BCUT2D eigenvalue weighted by Crippen LogP contribution is -2.61. The van der Waals surface area contributed by atoms with Gasteiger partial charge in [0, 0.05) is 0 Å². The van der Waals surface area contributed by atoms with Crippen molar-refractivity contribution in [1.29, 1.82) is 0 Å². The van der Waals surface area contributed by atoms with Crippen LogP contribution in [0.15, 0.2) is 48.5 Å². The summed E-state index contributed by atoms with van der Waals surface area (Å²) >= 11 is 0. The second-order valence-corrected chi connectivity index (χ2v) is 11.1. The Morgan fingerprint density at radius 1 is 0.902 bits per heavy atom. The van der Waals surface area contributed by atoms with Gasteiger partial charge >= 0.3 is 24.0 Å². The minimum atomic E-state index is -2.35. The van der Waals surface area contributed by atoms with Crippen molar-refractivity contribution in [2.75, 3.05) is 25.7 Å². The van der Waals surface area contributed by atoms with E-state index in [4.69, 9.17) is 18.9 Å². The standard InChI is InChI=1S/C31H37NO9/c1-9-40-24(33)23(30(6,26(35)38-7)27(36)39-8)31(18-20-16-14-19(2)15-17-20)21-12-10-11-13-22(21)32(25(31)34)28(37)41-29(3,4)5/h10-17,23H,9,18H2,1-8H3/t23-,31-/m1/s1. The van der Waals surface area contributed by atoms with E-state index in [1.165, 1.54) is 6.92 Å². The second-order valence-electron chi connectivity index (χ2n) is 11.1. The number of rotatable bonds is 8. The van der Waals surface area contributed by atoms with Gasteiger partial charge in [-0.15, -0.1) is 0 Å². The molecule has 0 aliphatic carbocycles. The number of fused-ring (bicyclic) bond motifs is 1. The Kier molecular flexibility index (Phi) is 8.95. The Hall–Kier alpha value is -4.21. The molecule has 0 bridgehead atoms. The molecule has 0 fully saturated rings. The molecule has 0 spiro atoms. The quantitative estimate of drug-likeness (QED) is 0.261. The highest BCUT2D eigenvalue weighted by Gasteiger charge is 2.69. The Bertz CT molecular complexity index is 1330. The van der Waals surface area contributed by atoms with E-state index in [1.807, 2.05) is 19.1 Å². The highest BCUT2D eigenvalue weighted by Crippen LogP contribution is 2.55. The summed E-state index contributed by atoms with van der Waals surface area (Å²) in [5.74, 6) is -5.88. The molecule has 0 unspecified atom stereocenters. The van der Waals surface area contributed by atoms with Crippen LogP contribution in [0.3, 0.4) is 0 Å². The molecule has 41 heavy (non-hydrogen) atoms. The number of carbonyl (C=O) groups excluding carboxylic acids is 5. The zero-order valence-corrected chi connectivity index (χ0v) is 24.7. The molecule has 0 aromatic heterocycles. The lowest BCUT2D eigenvalue weighted by molar-refractivity contribution is -0.184. The first-order valence-corrected chi connectivity index (χ1v) is 13.2. The third kappa shape index (κ3) is 5.55. The normalized spacial score (nSPS) is 17.4. The van der Waals surface area contributed by atoms with Crippen LogP contribution >= 0.6 is 0 Å². The fraction of sp³-hybridized carbons (Fsp3) is 0.452. The maximum absolute atomic E-state index is 14.8. The first kappa shape index (κ1) is 31.3. The van der Waals surface area contributed by atoms with Crippen LogP contribution < -0.4 is 4.90 Å². The average Bonchev–Trinajstić information content (AvgIpc) is 3.16. The van der Waals surface area contributed by atoms with Crippen molar-refractivity contribution in [1.82, 2.24) is 0 Å². The van der Waals surface area contributed by atoms with Crippen LogP contribution in [0, 0.1) is 18.3 Å². The fourth-order valence-electron chi connectivity index (χ4n) is 5.44. The molecule has 2 amide bonds. The van der Waals surface area contributed by atoms with Gasteiger partial charge in [0.05, 0.1) is 31.9 Å². The highest BCUT2D eigenvalue weighted by molar-refractivity contribution is 6.23. The molecule has 10 heteroatoms. The van der Waals surface area contributed by atoms with Crippen LogP contribution in [0.4, 0.5) is 10.5 Å². The number of esters is 3. The van der Waals surface area contributed by atoms with Crippen molar-refractivity contribution < 1.29 is 42.9 Å². The summed E-state index contributed by atoms with van der Waals surface area (Å²) in [5.41, 5.74) is -3.34. The van der Waals surface area contributed by atoms with E-state index < -0.39 is 52.3 Å². The van der Waals surface area contributed by atoms with Gasteiger partial charge < -0.3 is 18.9 Å². The number of methoxy groups -OCH3 is 2. The van der Waals surface area contributed by atoms with E-state index >= 15 is 0 Å². The molecule has 0 saturated heterocycles. The molecule has 1 aliphatic heterocycles. The third-order valence-electron chi connectivity index (χ3n) is 7.20. The third-order valence-corrected chi connectivity index (χ3v) is 7.20. The summed E-state index contributed by atoms with van der Waals surface area (Å²) in [4.78, 5) is 70.1. The van der Waals surface area contributed by atoms with Crippen molar-refractivity contribution in [3.8, 4) is 0 Å². The highest BCUT2D eigenvalue weighted by atomic mass is 16.6. The zero-order chi connectivity index (χ0) is 30.8. The molecule has 10 nitrogen and oxygen atoms in total. The van der Waals surface area contributed by atoms with Crippen molar-refractivity contribution in [2.24, 2.45) is 11.3 Å². The molecule has 1 aliphatic rings. The van der Waals surface area contributed by atoms with E-state index in [0.29, 0.717) is 5.56 Å². The number of hydrogen-bond acceptors (Lipinski definition) is 9. The second kappa shape index (κ2) is 11.7. The SMILES string of the molecule is CCOC(=O)[C@H](C(C)(C(=O)OC)C(=O)OC)[C@]1(Cc2ccc(C)cc2)C(=O)N(C(=O)OC(C)(C)C)c2ccccc21. The van der Waals surface area contributed by atoms with Gasteiger partial charge in [0.1, 0.15) is 11.5 Å². The number of aryl methyl sites for hydroxylation is 1. The van der Waals surface area contributed by atoms with Crippen molar-refractivity contribution >= 4 is 35.6 Å². The molecule has 220 valence electrons. The number of hydrogen-bond donors (Lipinski definition) is 0. The van der Waals surface area contributed by atoms with E-state index in [0.717, 1.165) is 24.7 Å². The largest absolute Gasteiger partial charge is 0.468 e. The molecule has 2 aromatic rings. The maximum atomic E-state index is 14.8. The van der Waals surface area contributed by atoms with Gasteiger partial charge in [-0.1, -0.05) is 48.0 Å². The van der Waals surface area contributed by atoms with Crippen LogP contribution in [0.2, 0.25) is 0 Å². The molecule has 0 radical (unpaired) electrons. The predicted octanol–water partition coefficient (Wildman–Crippen LogP) is 4.29. The van der Waals surface area contributed by atoms with Gasteiger partial charge in [0.25, 0.3) is 0 Å². The maximum Gasteiger partial charge on any atom is 0.421 e. The van der Waals surface area contributed by atoms with Crippen molar-refractivity contribution in [3.05, 3.63) is 65.2 Å². The molecule has 2 aromatic carbocycles. The molecular weight excluding hydrogens is 530 g/mol. The first-order valence-electron chi connectivity index (χ1n) is 13.2. The first-order chi connectivity index (χ1) is 19.2. The number of carbonyl (C=O) groups is 5. The van der Waals surface area contributed by atoms with Crippen LogP contribution in [-0.4, -0.2) is 56.3 Å². The predicted molar refractivity (Wildman–Crippen MR) is 149 cm³/mol. The van der Waals surface area contributed by atoms with E-state index in [-0.39, 0.29) is 24.3 Å². The van der Waals surface area contributed by atoms with Crippen molar-refractivity contribution in [2.45, 2.75) is 59.0 Å². The number of imide groups is 1. The summed E-state index contributed by atoms with van der Waals surface area (Å²) < 4.78 is 21.1. The van der Waals surface area contributed by atoms with Gasteiger partial charge in [0.2, 0.25) is 5.91 Å². The van der Waals surface area contributed by atoms with Crippen LogP contribution in [-0.2, 0) is 50.0 Å². The van der Waals surface area contributed by atoms with Crippen LogP contribution in [0.5, 0.6) is 0 Å². The summed E-state index contributed by atoms with van der Waals surface area (Å²) in [6, 6.07) is 13.6. The molecule has 2 atom stereocenters. The van der Waals surface area contributed by atoms with Crippen LogP contribution in [0.1, 0.15) is 51.3 Å². The zero-order valence-electron chi connectivity index (χ0n) is 24.7. The van der Waals surface area contributed by atoms with Gasteiger partial charge in [0.15, 0.2) is 5.41 Å². The van der Waals surface area contributed by atoms with Gasteiger partial charge in [-0.3, -0.25) is 19.2 Å². The number of benzene rings is 2. The van der Waals surface area contributed by atoms with E-state index in [2.05, 4.69) is 0 Å². The lowest BCUT2D eigenvalue weighted by Gasteiger charge is -2.42. The average molecular weight is 568 g/mol. The van der Waals surface area contributed by atoms with Gasteiger partial charge in [-0.2, -0.15) is 0 Å². The lowest BCUT2D eigenvalue weighted by atomic mass is 9.57. The minimum Gasteiger partial charge on any atom is -0.468 e. The van der Waals surface area contributed by atoms with Gasteiger partial charge in [-0.05, 0) is 65.2 Å². The monoisotopic (exact) mass is 567 g/mol. The molecule has 0 saturated carbocycles. The number of anilines is 1. The molecule has 1 heterocycles. The Labute approximate surface area is 239 Å². The summed E-state index contributed by atoms with van der Waals surface area (Å²) in [6.07, 6.45) is -1.14. The van der Waals surface area contributed by atoms with Crippen molar-refractivity contribution in [3.63, 3.8) is 0 Å². The number of para-hydroxylation sites is 1. The Balaban J connectivity index is 2.48. The van der Waals surface area contributed by atoms with Gasteiger partial charge in [-0.25, -0.2) is 9.69 Å². The number of amides is 2. The topological polar surface area (TPSA) is 126 Å². The Morgan fingerprint density at radius 3 is 1.98 bits per heavy atom. The van der Waals surface area contributed by atoms with Crippen LogP contribution in [0.25, 0.3) is 0 Å². The molecule has 3 rings (SSSR count). The minimum absolute atomic E-state index is 0.111. The number of ether oxygens (including phenoxy) is 4. The summed E-state index contributed by atoms with van der Waals surface area (Å²) in [6.45, 7) is 9.51. The Morgan fingerprint density at radius 2 is 1.46 bits per heavy atom. The van der Waals surface area contributed by atoms with E-state index in [1.54, 1.807) is 64.1 Å².